The number of primary amides is 1. The van der Waals surface area contributed by atoms with Gasteiger partial charge in [-0.05, 0) is 103 Å². The summed E-state index contributed by atoms with van der Waals surface area (Å²) in [7, 11) is 0. The van der Waals surface area contributed by atoms with Gasteiger partial charge in [0.25, 0.3) is 5.91 Å². The number of aryl methyl sites for hydroxylation is 1. The number of benzene rings is 1. The molecular formula is C36H47FN10O4S. The summed E-state index contributed by atoms with van der Waals surface area (Å²) in [5.74, 6) is -0.490. The minimum absolute atomic E-state index is 0.00743. The van der Waals surface area contributed by atoms with E-state index in [-0.39, 0.29) is 47.3 Å². The highest BCUT2D eigenvalue weighted by Gasteiger charge is 2.32. The molecule has 0 radical (unpaired) electrons. The van der Waals surface area contributed by atoms with Crippen LogP contribution in [-0.2, 0) is 4.74 Å². The molecular weight excluding hydrogens is 688 g/mol. The largest absolute Gasteiger partial charge is 0.473 e. The van der Waals surface area contributed by atoms with Crippen molar-refractivity contribution in [3.63, 3.8) is 0 Å². The van der Waals surface area contributed by atoms with Crippen LogP contribution in [0.25, 0.3) is 5.70 Å². The van der Waals surface area contributed by atoms with Crippen LogP contribution < -0.4 is 32.2 Å². The number of alkyl carbamates (subject to hydrolysis) is 1. The number of carbonyl (C=O) groups excluding carboxylic acids is 2. The first-order chi connectivity index (χ1) is 24.7. The summed E-state index contributed by atoms with van der Waals surface area (Å²) in [6, 6.07) is 4.03. The van der Waals surface area contributed by atoms with E-state index in [1.807, 2.05) is 32.6 Å². The third-order valence-electron chi connectivity index (χ3n) is 9.15. The van der Waals surface area contributed by atoms with E-state index in [0.717, 1.165) is 73.0 Å². The van der Waals surface area contributed by atoms with Gasteiger partial charge < -0.3 is 41.8 Å². The number of carbonyl (C=O) groups is 2. The zero-order valence-electron chi connectivity index (χ0n) is 30.0. The van der Waals surface area contributed by atoms with Crippen molar-refractivity contribution in [2.24, 2.45) is 5.73 Å². The fourth-order valence-corrected chi connectivity index (χ4v) is 7.47. The number of nitrogens with two attached hydrogens (primary N) is 2. The number of thiazole rings is 1. The normalized spacial score (nSPS) is 20.1. The second-order valence-electron chi connectivity index (χ2n) is 14.5. The van der Waals surface area contributed by atoms with Crippen molar-refractivity contribution in [3.8, 4) is 5.88 Å². The van der Waals surface area contributed by atoms with Gasteiger partial charge in [0.2, 0.25) is 5.88 Å². The molecule has 16 heteroatoms. The molecule has 3 fully saturated rings. The predicted octanol–water partition coefficient (Wildman–Crippen LogP) is 5.60. The Morgan fingerprint density at radius 3 is 2.50 bits per heavy atom. The third kappa shape index (κ3) is 9.08. The number of hydrogen-bond donors (Lipinski definition) is 6. The number of halogens is 1. The van der Waals surface area contributed by atoms with Crippen LogP contribution >= 0.6 is 11.3 Å². The van der Waals surface area contributed by atoms with E-state index in [1.165, 1.54) is 24.0 Å². The standard InChI is InChI=1S/C36H47FN10O4S/c1-19-43-34(50-24-12-9-21(10-13-24)46-35(49)51-36(2,3)4)29(52-19)28(20-7-8-20)44-23-6-5-15-47(17-23)31(39)27-30(38)41-18-42-33(27)45-22-11-14-25(32(40)48)26(37)16-22/h11,14,16,18,21,23-24,39,44H,5-10,12-13,15,17H2,1-4H3,(H2,40,48)(H,46,49)(H3,38,41,42,45). The van der Waals surface area contributed by atoms with Gasteiger partial charge in [-0.15, -0.1) is 11.3 Å². The summed E-state index contributed by atoms with van der Waals surface area (Å²) in [4.78, 5) is 40.0. The molecule has 14 nitrogen and oxygen atoms in total. The molecule has 0 bridgehead atoms. The molecule has 2 saturated carbocycles. The number of rotatable bonds is 10. The molecule has 1 aliphatic heterocycles. The Balaban J connectivity index is 1.11. The van der Waals surface area contributed by atoms with Crippen LogP contribution in [0.4, 0.5) is 26.5 Å². The van der Waals surface area contributed by atoms with Gasteiger partial charge in [-0.3, -0.25) is 10.2 Å². The van der Waals surface area contributed by atoms with Crippen molar-refractivity contribution in [2.45, 2.75) is 103 Å². The van der Waals surface area contributed by atoms with Gasteiger partial charge in [0.1, 0.15) is 51.8 Å². The highest BCUT2D eigenvalue weighted by atomic mass is 32.1. The molecule has 3 aromatic rings. The molecule has 278 valence electrons. The lowest BCUT2D eigenvalue weighted by Gasteiger charge is -2.36. The van der Waals surface area contributed by atoms with E-state index in [4.69, 9.17) is 25.9 Å². The van der Waals surface area contributed by atoms with Crippen molar-refractivity contribution in [1.82, 2.24) is 30.5 Å². The Morgan fingerprint density at radius 2 is 1.83 bits per heavy atom. The molecule has 0 spiro atoms. The van der Waals surface area contributed by atoms with Crippen molar-refractivity contribution in [1.29, 1.82) is 5.41 Å². The van der Waals surface area contributed by atoms with Gasteiger partial charge in [0, 0.05) is 30.9 Å². The Kier molecular flexibility index (Phi) is 10.8. The molecule has 3 aliphatic rings. The number of amides is 2. The van der Waals surface area contributed by atoms with Crippen LogP contribution in [0.15, 0.2) is 30.1 Å². The van der Waals surface area contributed by atoms with Crippen molar-refractivity contribution in [2.75, 3.05) is 24.1 Å². The van der Waals surface area contributed by atoms with Crippen molar-refractivity contribution < 1.29 is 23.5 Å². The Hall–Kier alpha value is -4.99. The van der Waals surface area contributed by atoms with E-state index >= 15 is 0 Å². The number of allylic oxidation sites excluding steroid dienone is 1. The van der Waals surface area contributed by atoms with E-state index in [2.05, 4.69) is 25.9 Å². The van der Waals surface area contributed by atoms with Crippen LogP contribution in [0.3, 0.4) is 0 Å². The summed E-state index contributed by atoms with van der Waals surface area (Å²) in [5.41, 5.74) is 13.8. The average Bonchev–Trinajstić information content (AvgIpc) is 3.85. The fraction of sp³-hybridized carbons (Fsp3) is 0.500. The van der Waals surface area contributed by atoms with Crippen LogP contribution in [0.5, 0.6) is 5.88 Å². The summed E-state index contributed by atoms with van der Waals surface area (Å²) in [5, 5.41) is 20.0. The number of anilines is 3. The topological polar surface area (TPSA) is 206 Å². The maximum absolute atomic E-state index is 14.5. The molecule has 3 heterocycles. The molecule has 6 rings (SSSR count). The first-order valence-corrected chi connectivity index (χ1v) is 18.5. The second kappa shape index (κ2) is 15.3. The number of amidine groups is 1. The Bertz CT molecular complexity index is 1860. The molecule has 2 aromatic heterocycles. The van der Waals surface area contributed by atoms with E-state index in [9.17, 15) is 19.4 Å². The molecule has 52 heavy (non-hydrogen) atoms. The quantitative estimate of drug-likeness (QED) is 0.112. The minimum atomic E-state index is -0.866. The lowest BCUT2D eigenvalue weighted by atomic mass is 9.93. The molecule has 1 atom stereocenters. The zero-order valence-corrected chi connectivity index (χ0v) is 30.8. The minimum Gasteiger partial charge on any atom is -0.473 e. The maximum Gasteiger partial charge on any atom is 0.407 e. The van der Waals surface area contributed by atoms with Gasteiger partial charge in [-0.25, -0.2) is 24.1 Å². The lowest BCUT2D eigenvalue weighted by Crippen LogP contribution is -2.47. The molecule has 1 aromatic carbocycles. The summed E-state index contributed by atoms with van der Waals surface area (Å²) in [6.45, 7) is 8.72. The van der Waals surface area contributed by atoms with Crippen molar-refractivity contribution >= 4 is 52.2 Å². The highest BCUT2D eigenvalue weighted by molar-refractivity contribution is 7.13. The smallest absolute Gasteiger partial charge is 0.407 e. The maximum atomic E-state index is 14.5. The summed E-state index contributed by atoms with van der Waals surface area (Å²) < 4.78 is 26.5. The van der Waals surface area contributed by atoms with E-state index in [1.54, 1.807) is 11.3 Å². The van der Waals surface area contributed by atoms with Gasteiger partial charge >= 0.3 is 6.09 Å². The summed E-state index contributed by atoms with van der Waals surface area (Å²) >= 11 is 1.61. The van der Waals surface area contributed by atoms with E-state index < -0.39 is 17.3 Å². The van der Waals surface area contributed by atoms with Gasteiger partial charge in [-0.1, -0.05) is 0 Å². The SMILES string of the molecule is Cc1nc(OC2CCC(NC(=O)OC(C)(C)C)CC2)c(C(NC2CCCN(C(=N)c3c(N)ncnc3Nc3ccc(C(N)=O)c(F)c3)C2)=C2CC2)s1. The first-order valence-electron chi connectivity index (χ1n) is 17.7. The third-order valence-corrected chi connectivity index (χ3v) is 10.1. The van der Waals surface area contributed by atoms with Crippen LogP contribution in [-0.4, -0.2) is 74.6 Å². The number of aromatic nitrogens is 3. The molecule has 2 aliphatic carbocycles. The highest BCUT2D eigenvalue weighted by Crippen LogP contribution is 2.42. The van der Waals surface area contributed by atoms with Crippen molar-refractivity contribution in [3.05, 3.63) is 56.9 Å². The van der Waals surface area contributed by atoms with Crippen LogP contribution in [0, 0.1) is 18.2 Å². The van der Waals surface area contributed by atoms with Gasteiger partial charge in [0.15, 0.2) is 0 Å². The Morgan fingerprint density at radius 1 is 1.08 bits per heavy atom. The second-order valence-corrected chi connectivity index (χ2v) is 15.7. The van der Waals surface area contributed by atoms with E-state index in [0.29, 0.717) is 30.2 Å². The monoisotopic (exact) mass is 734 g/mol. The number of likely N-dealkylation sites (tertiary alicyclic amines) is 1. The number of nitrogen functional groups attached to an aromatic ring is 1. The molecule has 1 unspecified atom stereocenters. The number of piperidine rings is 1. The zero-order chi connectivity index (χ0) is 37.2. The number of nitrogens with one attached hydrogen (secondary N) is 4. The summed E-state index contributed by atoms with van der Waals surface area (Å²) in [6.07, 6.45) is 7.81. The molecule has 1 saturated heterocycles. The number of ether oxygens (including phenoxy) is 2. The Labute approximate surface area is 306 Å². The number of hydrogen-bond acceptors (Lipinski definition) is 12. The molecule has 2 amide bonds. The van der Waals surface area contributed by atoms with Crippen LogP contribution in [0.2, 0.25) is 0 Å². The average molecular weight is 735 g/mol. The van der Waals surface area contributed by atoms with Gasteiger partial charge in [-0.2, -0.15) is 0 Å². The number of nitrogens with zero attached hydrogens (tertiary/aromatic N) is 4. The fourth-order valence-electron chi connectivity index (χ4n) is 6.56. The first kappa shape index (κ1) is 36.8. The lowest BCUT2D eigenvalue weighted by molar-refractivity contribution is 0.0469. The van der Waals surface area contributed by atoms with Gasteiger partial charge in [0.05, 0.1) is 16.3 Å². The van der Waals surface area contributed by atoms with Crippen LogP contribution in [0.1, 0.15) is 97.9 Å². The molecule has 8 N–H and O–H groups in total. The predicted molar refractivity (Wildman–Crippen MR) is 198 cm³/mol.